The maximum atomic E-state index is 5.59. The normalized spacial score (nSPS) is 13.9. The predicted octanol–water partition coefficient (Wildman–Crippen LogP) is 1.63. The van der Waals surface area contributed by atoms with Crippen LogP contribution >= 0.6 is 11.6 Å². The lowest BCUT2D eigenvalue weighted by atomic mass is 10.2. The lowest BCUT2D eigenvalue weighted by Gasteiger charge is -2.08. The van der Waals surface area contributed by atoms with Crippen LogP contribution in [0.2, 0.25) is 0 Å². The largest absolute Gasteiger partial charge is 0.315 e. The van der Waals surface area contributed by atoms with Crippen molar-refractivity contribution in [2.24, 2.45) is 5.73 Å². The van der Waals surface area contributed by atoms with Crippen molar-refractivity contribution >= 4 is 11.6 Å². The molecule has 1 unspecified atom stereocenters. The van der Waals surface area contributed by atoms with Crippen LogP contribution in [0.4, 0.5) is 0 Å². The van der Waals surface area contributed by atoms with Gasteiger partial charge in [0.15, 0.2) is 0 Å². The van der Waals surface area contributed by atoms with Gasteiger partial charge in [-0.3, -0.25) is 0 Å². The highest BCUT2D eigenvalue weighted by atomic mass is 35.5. The van der Waals surface area contributed by atoms with Crippen molar-refractivity contribution in [2.45, 2.75) is 31.2 Å². The van der Waals surface area contributed by atoms with E-state index in [2.05, 4.69) is 19.0 Å². The van der Waals surface area contributed by atoms with Crippen LogP contribution < -0.4 is 5.73 Å². The molecular formula is C8H19ClN2. The van der Waals surface area contributed by atoms with E-state index in [1.54, 1.807) is 0 Å². The van der Waals surface area contributed by atoms with Gasteiger partial charge in [0.1, 0.15) is 0 Å². The number of nitrogens with two attached hydrogens (primary N) is 1. The third kappa shape index (κ3) is 10.2. The van der Waals surface area contributed by atoms with Crippen LogP contribution in [0.1, 0.15) is 25.7 Å². The third-order valence-electron chi connectivity index (χ3n) is 1.59. The molecule has 0 amide bonds. The zero-order valence-corrected chi connectivity index (χ0v) is 8.27. The number of hydrogen-bond donors (Lipinski definition) is 1. The monoisotopic (exact) mass is 178 g/mol. The summed E-state index contributed by atoms with van der Waals surface area (Å²) < 4.78 is 0. The molecule has 0 saturated carbocycles. The second kappa shape index (κ2) is 6.89. The average molecular weight is 179 g/mol. The summed E-state index contributed by atoms with van der Waals surface area (Å²) in [5.74, 6) is 0. The van der Waals surface area contributed by atoms with E-state index in [9.17, 15) is 0 Å². The summed E-state index contributed by atoms with van der Waals surface area (Å²) in [6, 6.07) is 0. The van der Waals surface area contributed by atoms with Crippen molar-refractivity contribution < 1.29 is 0 Å². The minimum Gasteiger partial charge on any atom is -0.315 e. The molecule has 0 rings (SSSR count). The molecule has 0 radical (unpaired) electrons. The van der Waals surface area contributed by atoms with Gasteiger partial charge >= 0.3 is 0 Å². The zero-order chi connectivity index (χ0) is 8.69. The lowest BCUT2D eigenvalue weighted by Crippen LogP contribution is -2.13. The Bertz CT molecular complexity index is 74.2. The molecule has 2 N–H and O–H groups in total. The molecule has 0 aromatic heterocycles. The molecule has 3 heteroatoms. The number of alkyl halides is 1. The van der Waals surface area contributed by atoms with E-state index in [1.807, 2.05) is 0 Å². The van der Waals surface area contributed by atoms with E-state index in [0.717, 1.165) is 19.4 Å². The molecule has 0 saturated heterocycles. The first-order chi connectivity index (χ1) is 5.13. The minimum absolute atomic E-state index is 0.144. The highest BCUT2D eigenvalue weighted by molar-refractivity contribution is 6.20. The Morgan fingerprint density at radius 3 is 2.36 bits per heavy atom. The highest BCUT2D eigenvalue weighted by Gasteiger charge is 1.96. The van der Waals surface area contributed by atoms with E-state index >= 15 is 0 Å². The van der Waals surface area contributed by atoms with Crippen LogP contribution in [0.15, 0.2) is 0 Å². The van der Waals surface area contributed by atoms with E-state index in [0.29, 0.717) is 0 Å². The molecule has 1 atom stereocenters. The molecule has 0 aliphatic carbocycles. The van der Waals surface area contributed by atoms with Crippen LogP contribution in [0.5, 0.6) is 0 Å². The second-order valence-corrected chi connectivity index (χ2v) is 3.73. The van der Waals surface area contributed by atoms with Crippen molar-refractivity contribution in [1.82, 2.24) is 4.90 Å². The summed E-state index contributed by atoms with van der Waals surface area (Å²) in [6.07, 6.45) is 4.57. The number of hydrogen-bond acceptors (Lipinski definition) is 2. The SMILES string of the molecule is CN(C)CCCCCC(N)Cl. The Kier molecular flexibility index (Phi) is 7.02. The van der Waals surface area contributed by atoms with Crippen molar-refractivity contribution in [3.63, 3.8) is 0 Å². The molecule has 0 bridgehead atoms. The van der Waals surface area contributed by atoms with E-state index in [1.165, 1.54) is 12.8 Å². The second-order valence-electron chi connectivity index (χ2n) is 3.17. The van der Waals surface area contributed by atoms with Crippen LogP contribution in [-0.2, 0) is 0 Å². The number of halogens is 1. The number of rotatable bonds is 6. The zero-order valence-electron chi connectivity index (χ0n) is 7.52. The van der Waals surface area contributed by atoms with Crippen molar-refractivity contribution in [1.29, 1.82) is 0 Å². The quantitative estimate of drug-likeness (QED) is 0.381. The van der Waals surface area contributed by atoms with Gasteiger partial charge < -0.3 is 10.6 Å². The van der Waals surface area contributed by atoms with E-state index in [4.69, 9.17) is 17.3 Å². The van der Waals surface area contributed by atoms with Crippen LogP contribution in [0.25, 0.3) is 0 Å². The van der Waals surface area contributed by atoms with Crippen LogP contribution in [0.3, 0.4) is 0 Å². The number of unbranched alkanes of at least 4 members (excludes halogenated alkanes) is 2. The summed E-state index contributed by atoms with van der Waals surface area (Å²) in [4.78, 5) is 2.20. The smallest absolute Gasteiger partial charge is 0.0800 e. The first kappa shape index (κ1) is 11.2. The summed E-state index contributed by atoms with van der Waals surface area (Å²) in [5.41, 5.74) is 5.25. The van der Waals surface area contributed by atoms with Gasteiger partial charge in [0.05, 0.1) is 5.50 Å². The molecule has 0 spiro atoms. The summed E-state index contributed by atoms with van der Waals surface area (Å²) in [7, 11) is 4.18. The predicted molar refractivity (Wildman–Crippen MR) is 50.9 cm³/mol. The molecule has 0 heterocycles. The maximum absolute atomic E-state index is 5.59. The van der Waals surface area contributed by atoms with Gasteiger partial charge in [0.2, 0.25) is 0 Å². The fraction of sp³-hybridized carbons (Fsp3) is 1.00. The fourth-order valence-electron chi connectivity index (χ4n) is 0.944. The Hall–Kier alpha value is 0.210. The molecule has 2 nitrogen and oxygen atoms in total. The molecule has 68 valence electrons. The maximum Gasteiger partial charge on any atom is 0.0800 e. The Balaban J connectivity index is 2.91. The van der Waals surface area contributed by atoms with Gasteiger partial charge in [-0.2, -0.15) is 0 Å². The molecule has 0 aromatic rings. The number of nitrogens with zero attached hydrogens (tertiary/aromatic N) is 1. The van der Waals surface area contributed by atoms with Crippen molar-refractivity contribution in [2.75, 3.05) is 20.6 Å². The molecule has 11 heavy (non-hydrogen) atoms. The lowest BCUT2D eigenvalue weighted by molar-refractivity contribution is 0.390. The standard InChI is InChI=1S/C8H19ClN2/c1-11(2)7-5-3-4-6-8(9)10/h8H,3-7,10H2,1-2H3. The Labute approximate surface area is 74.7 Å². The highest BCUT2D eigenvalue weighted by Crippen LogP contribution is 2.04. The summed E-state index contributed by atoms with van der Waals surface area (Å²) in [6.45, 7) is 1.16. The third-order valence-corrected chi connectivity index (χ3v) is 1.80. The van der Waals surface area contributed by atoms with Crippen LogP contribution in [-0.4, -0.2) is 31.0 Å². The van der Waals surface area contributed by atoms with Gasteiger partial charge in [-0.1, -0.05) is 12.8 Å². The summed E-state index contributed by atoms with van der Waals surface area (Å²) in [5, 5.41) is 0. The topological polar surface area (TPSA) is 29.3 Å². The molecule has 0 aliphatic heterocycles. The van der Waals surface area contributed by atoms with Crippen LogP contribution in [0, 0.1) is 0 Å². The Morgan fingerprint density at radius 2 is 1.91 bits per heavy atom. The van der Waals surface area contributed by atoms with E-state index in [-0.39, 0.29) is 5.50 Å². The van der Waals surface area contributed by atoms with Gasteiger partial charge in [-0.25, -0.2) is 0 Å². The first-order valence-electron chi connectivity index (χ1n) is 4.17. The Morgan fingerprint density at radius 1 is 1.27 bits per heavy atom. The summed E-state index contributed by atoms with van der Waals surface area (Å²) >= 11 is 5.59. The van der Waals surface area contributed by atoms with E-state index < -0.39 is 0 Å². The minimum atomic E-state index is -0.144. The van der Waals surface area contributed by atoms with Gasteiger partial charge in [0.25, 0.3) is 0 Å². The van der Waals surface area contributed by atoms with Crippen molar-refractivity contribution in [3.8, 4) is 0 Å². The molecular weight excluding hydrogens is 160 g/mol. The fourth-order valence-corrected chi connectivity index (χ4v) is 1.10. The molecule has 0 aromatic carbocycles. The molecule has 0 fully saturated rings. The van der Waals surface area contributed by atoms with Gasteiger partial charge in [-0.15, -0.1) is 11.6 Å². The average Bonchev–Trinajstić information content (AvgIpc) is 1.85. The van der Waals surface area contributed by atoms with Gasteiger partial charge in [0, 0.05) is 0 Å². The van der Waals surface area contributed by atoms with Crippen molar-refractivity contribution in [3.05, 3.63) is 0 Å². The molecule has 0 aliphatic rings. The first-order valence-corrected chi connectivity index (χ1v) is 4.61. The van der Waals surface area contributed by atoms with Gasteiger partial charge in [-0.05, 0) is 33.5 Å².